The Morgan fingerprint density at radius 2 is 0.873 bits per heavy atom. The largest absolute Gasteiger partial charge is 0.457 e. The smallest absolute Gasteiger partial charge is 0.135 e. The van der Waals surface area contributed by atoms with Gasteiger partial charge >= 0.3 is 0 Å². The van der Waals surface area contributed by atoms with Crippen LogP contribution in [0.2, 0.25) is 0 Å². The van der Waals surface area contributed by atoms with Crippen LogP contribution in [0.5, 0.6) is 23.0 Å². The molecule has 0 bridgehead atoms. The van der Waals surface area contributed by atoms with Crippen LogP contribution in [0.1, 0.15) is 69.2 Å². The summed E-state index contributed by atoms with van der Waals surface area (Å²) in [5, 5.41) is 3.47. The van der Waals surface area contributed by atoms with Gasteiger partial charge in [-0.2, -0.15) is 0 Å². The van der Waals surface area contributed by atoms with E-state index in [9.17, 15) is 0 Å². The highest BCUT2D eigenvalue weighted by molar-refractivity contribution is 5.98. The molecule has 71 heavy (non-hydrogen) atoms. The molecule has 0 fully saturated rings. The third kappa shape index (κ3) is 4.84. The summed E-state index contributed by atoms with van der Waals surface area (Å²) in [5.41, 5.74) is 16.7. The lowest BCUT2D eigenvalue weighted by molar-refractivity contribution is 0.434. The molecule has 4 nitrogen and oxygen atoms in total. The van der Waals surface area contributed by atoms with Gasteiger partial charge < -0.3 is 18.8 Å². The molecule has 0 amide bonds. The molecule has 10 aromatic carbocycles. The Labute approximate surface area is 411 Å². The van der Waals surface area contributed by atoms with Crippen LogP contribution in [-0.4, -0.2) is 0 Å². The number of furan rings is 1. The molecular weight excluding hydrogens is 867 g/mol. The van der Waals surface area contributed by atoms with E-state index in [1.165, 1.54) is 60.8 Å². The number of rotatable bonds is 3. The van der Waals surface area contributed by atoms with Crippen molar-refractivity contribution in [2.45, 2.75) is 29.7 Å². The van der Waals surface area contributed by atoms with E-state index in [-0.39, 0.29) is 0 Å². The minimum absolute atomic E-state index is 0.635. The van der Waals surface area contributed by atoms with Crippen molar-refractivity contribution in [1.29, 1.82) is 0 Å². The van der Waals surface area contributed by atoms with E-state index >= 15 is 0 Å². The quantitative estimate of drug-likeness (QED) is 0.177. The Morgan fingerprint density at radius 1 is 0.394 bits per heavy atom. The number of hydrogen-bond acceptors (Lipinski definition) is 4. The second kappa shape index (κ2) is 13.9. The molecule has 11 aromatic rings. The van der Waals surface area contributed by atoms with Crippen molar-refractivity contribution in [2.24, 2.45) is 0 Å². The number of para-hydroxylation sites is 2. The first-order valence-electron chi connectivity index (χ1n) is 24.7. The number of ether oxygens (including phenoxy) is 2. The first-order chi connectivity index (χ1) is 35.1. The maximum Gasteiger partial charge on any atom is 0.135 e. The highest BCUT2D eigenvalue weighted by atomic mass is 16.5. The number of fused-ring (bicyclic) bond motifs is 23. The molecule has 5 aliphatic rings. The SMILES string of the molecule is CC1(N(c2ccc3c(c2)C2(c4ccccc4O3)c3ccccc3-c3ccccc32)c2ccc3c(c2)C2(c4ccccc4-c4ccccc42)c2c(ccc4ccccc24)O3)CC=Cc2oc3ccccc3c21. The zero-order valence-corrected chi connectivity index (χ0v) is 38.8. The van der Waals surface area contributed by atoms with Crippen LogP contribution in [0.25, 0.3) is 50.1 Å². The molecule has 2 aliphatic heterocycles. The topological polar surface area (TPSA) is 34.8 Å². The van der Waals surface area contributed by atoms with Crippen molar-refractivity contribution in [3.8, 4) is 45.3 Å². The summed E-state index contributed by atoms with van der Waals surface area (Å²) in [6, 6.07) is 80.1. The van der Waals surface area contributed by atoms with Crippen molar-refractivity contribution in [3.05, 3.63) is 280 Å². The summed E-state index contributed by atoms with van der Waals surface area (Å²) in [7, 11) is 0. The number of hydrogen-bond donors (Lipinski definition) is 0. The maximum absolute atomic E-state index is 7.19. The van der Waals surface area contributed by atoms with Gasteiger partial charge in [0.05, 0.1) is 16.4 Å². The zero-order valence-electron chi connectivity index (χ0n) is 38.8. The van der Waals surface area contributed by atoms with Gasteiger partial charge in [-0.1, -0.05) is 170 Å². The summed E-state index contributed by atoms with van der Waals surface area (Å²) in [5.74, 6) is 4.33. The fraction of sp³-hybridized carbons (Fsp3) is 0.0746. The average Bonchev–Trinajstić information content (AvgIpc) is 4.06. The van der Waals surface area contributed by atoms with E-state index in [2.05, 4.69) is 242 Å². The predicted octanol–water partition coefficient (Wildman–Crippen LogP) is 17.0. The second-order valence-corrected chi connectivity index (χ2v) is 20.0. The molecule has 4 heteroatoms. The van der Waals surface area contributed by atoms with Crippen molar-refractivity contribution < 1.29 is 13.9 Å². The number of nitrogens with zero attached hydrogens (tertiary/aromatic N) is 1. The number of anilines is 2. The summed E-state index contributed by atoms with van der Waals surface area (Å²) < 4.78 is 21.0. The lowest BCUT2D eigenvalue weighted by Gasteiger charge is -2.46. The minimum atomic E-state index is -0.700. The lowest BCUT2D eigenvalue weighted by atomic mass is 9.64. The molecule has 0 saturated carbocycles. The van der Waals surface area contributed by atoms with E-state index in [0.29, 0.717) is 0 Å². The Hall–Kier alpha value is -8.86. The number of benzene rings is 10. The van der Waals surface area contributed by atoms with Gasteiger partial charge in [0.25, 0.3) is 0 Å². The highest BCUT2D eigenvalue weighted by Crippen LogP contribution is 2.66. The third-order valence-corrected chi connectivity index (χ3v) is 16.6. The third-order valence-electron chi connectivity index (χ3n) is 16.6. The van der Waals surface area contributed by atoms with Crippen LogP contribution in [0.15, 0.2) is 229 Å². The van der Waals surface area contributed by atoms with Crippen LogP contribution >= 0.6 is 0 Å². The van der Waals surface area contributed by atoms with Gasteiger partial charge in [0, 0.05) is 44.6 Å². The molecule has 1 aromatic heterocycles. The molecule has 16 rings (SSSR count). The van der Waals surface area contributed by atoms with Crippen LogP contribution in [0.4, 0.5) is 11.4 Å². The van der Waals surface area contributed by atoms with E-state index in [0.717, 1.165) is 79.8 Å². The van der Waals surface area contributed by atoms with Crippen LogP contribution in [0.3, 0.4) is 0 Å². The second-order valence-electron chi connectivity index (χ2n) is 20.0. The molecule has 0 radical (unpaired) electrons. The molecular formula is C67H43NO3. The Balaban J connectivity index is 1.01. The highest BCUT2D eigenvalue weighted by Gasteiger charge is 2.54. The first kappa shape index (κ1) is 39.0. The molecule has 2 spiro atoms. The van der Waals surface area contributed by atoms with Gasteiger partial charge in [-0.15, -0.1) is 0 Å². The average molecular weight is 910 g/mol. The van der Waals surface area contributed by atoms with Crippen LogP contribution in [0, 0.1) is 0 Å². The van der Waals surface area contributed by atoms with Gasteiger partial charge in [0.1, 0.15) is 34.3 Å². The molecule has 334 valence electrons. The van der Waals surface area contributed by atoms with Crippen molar-refractivity contribution >= 4 is 39.2 Å². The van der Waals surface area contributed by atoms with Crippen LogP contribution in [-0.2, 0) is 16.4 Å². The Morgan fingerprint density at radius 3 is 1.52 bits per heavy atom. The summed E-state index contributed by atoms with van der Waals surface area (Å²) >= 11 is 0. The molecule has 1 atom stereocenters. The van der Waals surface area contributed by atoms with Crippen molar-refractivity contribution in [3.63, 3.8) is 0 Å². The van der Waals surface area contributed by atoms with Gasteiger partial charge in [-0.25, -0.2) is 0 Å². The lowest BCUT2D eigenvalue weighted by Crippen LogP contribution is -2.42. The van der Waals surface area contributed by atoms with Crippen molar-refractivity contribution in [1.82, 2.24) is 0 Å². The first-order valence-corrected chi connectivity index (χ1v) is 24.7. The zero-order chi connectivity index (χ0) is 46.6. The maximum atomic E-state index is 7.19. The van der Waals surface area contributed by atoms with Gasteiger partial charge in [0.2, 0.25) is 0 Å². The normalized spacial score (nSPS) is 17.2. The minimum Gasteiger partial charge on any atom is -0.457 e. The van der Waals surface area contributed by atoms with Crippen LogP contribution < -0.4 is 14.4 Å². The molecule has 3 aliphatic carbocycles. The Bertz CT molecular complexity index is 4060. The fourth-order valence-electron chi connectivity index (χ4n) is 14.0. The van der Waals surface area contributed by atoms with Crippen molar-refractivity contribution in [2.75, 3.05) is 4.90 Å². The summed E-state index contributed by atoms with van der Waals surface area (Å²) in [4.78, 5) is 2.60. The van der Waals surface area contributed by atoms with Gasteiger partial charge in [-0.3, -0.25) is 0 Å². The fourth-order valence-corrected chi connectivity index (χ4v) is 14.0. The molecule has 3 heterocycles. The summed E-state index contributed by atoms with van der Waals surface area (Å²) in [6.07, 6.45) is 5.18. The van der Waals surface area contributed by atoms with E-state index in [1.54, 1.807) is 0 Å². The summed E-state index contributed by atoms with van der Waals surface area (Å²) in [6.45, 7) is 2.40. The van der Waals surface area contributed by atoms with E-state index < -0.39 is 16.4 Å². The molecule has 0 saturated heterocycles. The monoisotopic (exact) mass is 909 g/mol. The van der Waals surface area contributed by atoms with Gasteiger partial charge in [0.15, 0.2) is 0 Å². The standard InChI is InChI=1S/C67H43NO3/c1-65(38-16-31-61-63(65)49-23-8-14-29-57(49)69-61)68(42-33-36-59-55(39-42)66(54-28-13-15-30-58(54)70-59)50-24-9-4-19-45(50)46-20-5-10-25-51(46)66)43-34-37-60-56(40-43)67(64-44-18-3-2-17-41(44)32-35-62(64)71-60)52-26-11-6-21-47(52)48-22-7-12-27-53(48)67/h2-37,39-40H,38H2,1H3. The van der Waals surface area contributed by atoms with E-state index in [1.807, 2.05) is 0 Å². The van der Waals surface area contributed by atoms with Gasteiger partial charge in [-0.05, 0) is 129 Å². The predicted molar refractivity (Wildman–Crippen MR) is 285 cm³/mol. The molecule has 1 unspecified atom stereocenters. The van der Waals surface area contributed by atoms with E-state index in [4.69, 9.17) is 13.9 Å². The molecule has 0 N–H and O–H groups in total. The Kier molecular flexibility index (Phi) is 7.64.